The summed E-state index contributed by atoms with van der Waals surface area (Å²) >= 11 is 1.61. The monoisotopic (exact) mass is 478 g/mol. The van der Waals surface area contributed by atoms with Gasteiger partial charge in [0, 0.05) is 16.9 Å². The van der Waals surface area contributed by atoms with Crippen LogP contribution in [0.5, 0.6) is 5.75 Å². The van der Waals surface area contributed by atoms with E-state index in [0.717, 1.165) is 16.0 Å². The minimum Gasteiger partial charge on any atom is -0.508 e. The van der Waals surface area contributed by atoms with Crippen LogP contribution in [0.4, 0.5) is 0 Å². The van der Waals surface area contributed by atoms with Gasteiger partial charge in [-0.2, -0.15) is 0 Å². The number of hydrogen-bond donors (Lipinski definition) is 3. The number of ether oxygens (including phenoxy) is 1. The van der Waals surface area contributed by atoms with Crippen molar-refractivity contribution < 1.29 is 24.2 Å². The van der Waals surface area contributed by atoms with Crippen molar-refractivity contribution >= 4 is 28.9 Å². The summed E-state index contributed by atoms with van der Waals surface area (Å²) in [6.45, 7) is 3.30. The summed E-state index contributed by atoms with van der Waals surface area (Å²) in [7, 11) is 0. The Labute approximate surface area is 201 Å². The Morgan fingerprint density at radius 1 is 1.15 bits per heavy atom. The molecule has 0 radical (unpaired) electrons. The largest absolute Gasteiger partial charge is 0.508 e. The van der Waals surface area contributed by atoms with Crippen molar-refractivity contribution in [2.75, 3.05) is 6.61 Å². The Bertz CT molecular complexity index is 1170. The predicted molar refractivity (Wildman–Crippen MR) is 130 cm³/mol. The molecule has 0 aliphatic carbocycles. The highest BCUT2D eigenvalue weighted by molar-refractivity contribution is 7.13. The standard InChI is InChI=1S/C26H26N2O5S/c1-16-26(2,23(30)15-33-16)28-25(32)21(14-17-5-11-20(29)12-6-17)27-24(31)19-9-7-18(8-10-19)22-4-3-13-34-22/h3-13,16,21,29H,14-15H2,1-2H3,(H,27,31)(H,28,32)/t16-,21+,26-/m1/s1. The summed E-state index contributed by atoms with van der Waals surface area (Å²) in [6.07, 6.45) is -0.302. The molecule has 2 amide bonds. The van der Waals surface area contributed by atoms with Crippen LogP contribution in [-0.4, -0.2) is 47.0 Å². The van der Waals surface area contributed by atoms with E-state index in [1.807, 2.05) is 29.6 Å². The first-order valence-electron chi connectivity index (χ1n) is 11.0. The number of carbonyl (C=O) groups is 3. The quantitative estimate of drug-likeness (QED) is 0.483. The summed E-state index contributed by atoms with van der Waals surface area (Å²) in [4.78, 5) is 39.8. The zero-order valence-electron chi connectivity index (χ0n) is 18.9. The SMILES string of the molecule is C[C@H]1OCC(=O)[C@]1(C)NC(=O)[C@H](Cc1ccc(O)cc1)NC(=O)c1ccc(-c2cccs2)cc1. The number of phenols is 1. The molecular weight excluding hydrogens is 452 g/mol. The minimum atomic E-state index is -1.17. The van der Waals surface area contributed by atoms with Crippen LogP contribution < -0.4 is 10.6 Å². The fourth-order valence-corrected chi connectivity index (χ4v) is 4.54. The van der Waals surface area contributed by atoms with Gasteiger partial charge in [0.05, 0.1) is 6.10 Å². The predicted octanol–water partition coefficient (Wildman–Crippen LogP) is 3.32. The Kier molecular flexibility index (Phi) is 6.81. The van der Waals surface area contributed by atoms with Gasteiger partial charge in [0.15, 0.2) is 5.78 Å². The van der Waals surface area contributed by atoms with Crippen molar-refractivity contribution in [2.24, 2.45) is 0 Å². The molecule has 3 atom stereocenters. The number of phenolic OH excluding ortho intramolecular Hbond substituents is 1. The van der Waals surface area contributed by atoms with Crippen molar-refractivity contribution in [1.29, 1.82) is 0 Å². The lowest BCUT2D eigenvalue weighted by Crippen LogP contribution is -2.60. The summed E-state index contributed by atoms with van der Waals surface area (Å²) in [6, 6.07) is 16.6. The van der Waals surface area contributed by atoms with Crippen molar-refractivity contribution in [3.05, 3.63) is 77.2 Å². The van der Waals surface area contributed by atoms with Crippen molar-refractivity contribution in [1.82, 2.24) is 10.6 Å². The zero-order chi connectivity index (χ0) is 24.3. The molecule has 1 fully saturated rings. The second-order valence-corrected chi connectivity index (χ2v) is 9.47. The van der Waals surface area contributed by atoms with Crippen molar-refractivity contribution in [2.45, 2.75) is 38.0 Å². The average Bonchev–Trinajstić information content (AvgIpc) is 3.45. The first-order valence-corrected chi connectivity index (χ1v) is 11.8. The van der Waals surface area contributed by atoms with Gasteiger partial charge in [-0.05, 0) is 60.7 Å². The summed E-state index contributed by atoms with van der Waals surface area (Å²) in [5, 5.41) is 17.2. The third-order valence-corrected chi connectivity index (χ3v) is 7.11. The highest BCUT2D eigenvalue weighted by Gasteiger charge is 2.47. The Hall–Kier alpha value is -3.49. The van der Waals surface area contributed by atoms with Crippen LogP contribution in [0.1, 0.15) is 29.8 Å². The molecule has 0 bridgehead atoms. The Balaban J connectivity index is 1.53. The minimum absolute atomic E-state index is 0.0659. The number of amides is 2. The third-order valence-electron chi connectivity index (χ3n) is 6.19. The molecule has 1 aromatic heterocycles. The highest BCUT2D eigenvalue weighted by atomic mass is 32.1. The van der Waals surface area contributed by atoms with Crippen LogP contribution in [0, 0.1) is 0 Å². The number of Topliss-reactive ketones (excluding diaryl/α,β-unsaturated/α-hetero) is 1. The van der Waals surface area contributed by atoms with Crippen molar-refractivity contribution in [3.63, 3.8) is 0 Å². The van der Waals surface area contributed by atoms with E-state index in [4.69, 9.17) is 4.74 Å². The van der Waals surface area contributed by atoms with Gasteiger partial charge >= 0.3 is 0 Å². The molecule has 8 heteroatoms. The summed E-state index contributed by atoms with van der Waals surface area (Å²) in [5.74, 6) is -0.990. The van der Waals surface area contributed by atoms with Crippen molar-refractivity contribution in [3.8, 4) is 16.2 Å². The number of nitrogens with one attached hydrogen (secondary N) is 2. The maximum Gasteiger partial charge on any atom is 0.251 e. The number of carbonyl (C=O) groups excluding carboxylic acids is 3. The fourth-order valence-electron chi connectivity index (χ4n) is 3.81. The number of benzene rings is 2. The first-order chi connectivity index (χ1) is 16.3. The fraction of sp³-hybridized carbons (Fsp3) is 0.269. The van der Waals surface area contributed by atoms with E-state index in [1.54, 1.807) is 49.4 Å². The number of thiophene rings is 1. The topological polar surface area (TPSA) is 105 Å². The van der Waals surface area contributed by atoms with Crippen LogP contribution in [-0.2, 0) is 20.7 Å². The van der Waals surface area contributed by atoms with E-state index in [9.17, 15) is 19.5 Å². The maximum absolute atomic E-state index is 13.3. The van der Waals surface area contributed by atoms with Crippen LogP contribution in [0.3, 0.4) is 0 Å². The van der Waals surface area contributed by atoms with Gasteiger partial charge in [0.25, 0.3) is 5.91 Å². The molecule has 0 spiro atoms. The molecule has 1 saturated heterocycles. The van der Waals surface area contributed by atoms with Crippen LogP contribution >= 0.6 is 11.3 Å². The number of rotatable bonds is 7. The smallest absolute Gasteiger partial charge is 0.251 e. The van der Waals surface area contributed by atoms with E-state index >= 15 is 0 Å². The van der Waals surface area contributed by atoms with Gasteiger partial charge in [-0.3, -0.25) is 14.4 Å². The lowest BCUT2D eigenvalue weighted by Gasteiger charge is -2.30. The number of aromatic hydroxyl groups is 1. The summed E-state index contributed by atoms with van der Waals surface area (Å²) < 4.78 is 5.41. The lowest BCUT2D eigenvalue weighted by molar-refractivity contribution is -0.130. The Morgan fingerprint density at radius 3 is 2.44 bits per heavy atom. The molecule has 2 aromatic carbocycles. The first kappa shape index (κ1) is 23.7. The second kappa shape index (κ2) is 9.79. The maximum atomic E-state index is 13.3. The molecule has 7 nitrogen and oxygen atoms in total. The highest BCUT2D eigenvalue weighted by Crippen LogP contribution is 2.25. The van der Waals surface area contributed by atoms with Crippen LogP contribution in [0.15, 0.2) is 66.0 Å². The van der Waals surface area contributed by atoms with E-state index < -0.39 is 29.5 Å². The zero-order valence-corrected chi connectivity index (χ0v) is 19.7. The molecule has 1 aliphatic rings. The number of hydrogen-bond acceptors (Lipinski definition) is 6. The molecule has 34 heavy (non-hydrogen) atoms. The van der Waals surface area contributed by atoms with Gasteiger partial charge in [0.2, 0.25) is 5.91 Å². The van der Waals surface area contributed by atoms with E-state index in [0.29, 0.717) is 5.56 Å². The molecule has 0 saturated carbocycles. The molecule has 4 rings (SSSR count). The summed E-state index contributed by atoms with van der Waals surface area (Å²) in [5.41, 5.74) is 1.01. The van der Waals surface area contributed by atoms with Gasteiger partial charge in [0.1, 0.15) is 23.9 Å². The molecule has 0 unspecified atom stereocenters. The molecule has 2 heterocycles. The second-order valence-electron chi connectivity index (χ2n) is 8.52. The lowest BCUT2D eigenvalue weighted by atomic mass is 9.92. The Morgan fingerprint density at radius 2 is 1.85 bits per heavy atom. The van der Waals surface area contributed by atoms with E-state index in [-0.39, 0.29) is 24.6 Å². The molecule has 176 valence electrons. The number of ketones is 1. The van der Waals surface area contributed by atoms with Gasteiger partial charge in [-0.15, -0.1) is 11.3 Å². The van der Waals surface area contributed by atoms with Gasteiger partial charge < -0.3 is 20.5 Å². The average molecular weight is 479 g/mol. The molecule has 3 aromatic rings. The normalized spacial score (nSPS) is 20.6. The molecule has 1 aliphatic heterocycles. The van der Waals surface area contributed by atoms with E-state index in [1.165, 1.54) is 12.1 Å². The molecule has 3 N–H and O–H groups in total. The molecular formula is C26H26N2O5S. The van der Waals surface area contributed by atoms with E-state index in [2.05, 4.69) is 10.6 Å². The van der Waals surface area contributed by atoms with Crippen LogP contribution in [0.2, 0.25) is 0 Å². The van der Waals surface area contributed by atoms with Gasteiger partial charge in [-0.1, -0.05) is 30.3 Å². The van der Waals surface area contributed by atoms with Gasteiger partial charge in [-0.25, -0.2) is 0 Å². The van der Waals surface area contributed by atoms with Crippen LogP contribution in [0.25, 0.3) is 10.4 Å². The third kappa shape index (κ3) is 5.03.